The van der Waals surface area contributed by atoms with Gasteiger partial charge in [-0.15, -0.1) is 11.3 Å². The molecule has 0 N–H and O–H groups in total. The number of thiazole rings is 1. The van der Waals surface area contributed by atoms with Crippen molar-refractivity contribution in [2.24, 2.45) is 0 Å². The standard InChI is InChI=1S/C19H20N2OS2/c1-13(18-20-16-6-4-5-7-17(16)24-18)21(2)19(22)15-10-8-14(9-11-15)12-23-3/h4-11,13H,12H2,1-3H3/t13-/m0/s1. The average Bonchev–Trinajstić information content (AvgIpc) is 3.05. The van der Waals surface area contributed by atoms with Gasteiger partial charge in [0.15, 0.2) is 0 Å². The van der Waals surface area contributed by atoms with Crippen LogP contribution in [0.4, 0.5) is 0 Å². The molecule has 0 aliphatic rings. The molecule has 24 heavy (non-hydrogen) atoms. The molecule has 1 atom stereocenters. The molecule has 1 heterocycles. The zero-order valence-corrected chi connectivity index (χ0v) is 15.7. The van der Waals surface area contributed by atoms with Gasteiger partial charge in [0.1, 0.15) is 5.01 Å². The van der Waals surface area contributed by atoms with E-state index in [2.05, 4.69) is 17.3 Å². The molecule has 124 valence electrons. The first-order valence-electron chi connectivity index (χ1n) is 7.80. The molecule has 3 nitrogen and oxygen atoms in total. The van der Waals surface area contributed by atoms with Crippen molar-refractivity contribution in [1.29, 1.82) is 0 Å². The summed E-state index contributed by atoms with van der Waals surface area (Å²) >= 11 is 3.42. The third kappa shape index (κ3) is 3.47. The van der Waals surface area contributed by atoms with Gasteiger partial charge in [-0.25, -0.2) is 4.98 Å². The summed E-state index contributed by atoms with van der Waals surface area (Å²) < 4.78 is 1.15. The Morgan fingerprint density at radius 3 is 2.58 bits per heavy atom. The number of para-hydroxylation sites is 1. The molecular formula is C19H20N2OS2. The summed E-state index contributed by atoms with van der Waals surface area (Å²) in [4.78, 5) is 19.2. The lowest BCUT2D eigenvalue weighted by molar-refractivity contribution is 0.0742. The number of benzene rings is 2. The number of carbonyl (C=O) groups is 1. The fourth-order valence-electron chi connectivity index (χ4n) is 2.52. The molecule has 1 amide bonds. The third-order valence-corrected chi connectivity index (χ3v) is 5.91. The van der Waals surface area contributed by atoms with Crippen LogP contribution in [0.3, 0.4) is 0 Å². The van der Waals surface area contributed by atoms with E-state index in [1.807, 2.05) is 56.4 Å². The third-order valence-electron chi connectivity index (χ3n) is 4.08. The van der Waals surface area contributed by atoms with E-state index in [4.69, 9.17) is 0 Å². The van der Waals surface area contributed by atoms with E-state index in [0.29, 0.717) is 0 Å². The summed E-state index contributed by atoms with van der Waals surface area (Å²) in [7, 11) is 1.84. The molecule has 0 aliphatic heterocycles. The van der Waals surface area contributed by atoms with Crippen molar-refractivity contribution in [3.05, 3.63) is 64.7 Å². The molecule has 0 saturated carbocycles. The van der Waals surface area contributed by atoms with Crippen molar-refractivity contribution in [3.63, 3.8) is 0 Å². The Kier molecular flexibility index (Phi) is 5.21. The van der Waals surface area contributed by atoms with Crippen LogP contribution in [0, 0.1) is 0 Å². The number of thioether (sulfide) groups is 1. The molecule has 5 heteroatoms. The zero-order chi connectivity index (χ0) is 17.1. The van der Waals surface area contributed by atoms with Crippen molar-refractivity contribution in [2.45, 2.75) is 18.7 Å². The molecule has 1 aromatic heterocycles. The molecule has 0 saturated heterocycles. The van der Waals surface area contributed by atoms with E-state index >= 15 is 0 Å². The van der Waals surface area contributed by atoms with E-state index in [1.165, 1.54) is 5.56 Å². The molecule has 2 aromatic carbocycles. The highest BCUT2D eigenvalue weighted by Crippen LogP contribution is 2.29. The van der Waals surface area contributed by atoms with Crippen LogP contribution in [-0.4, -0.2) is 29.1 Å². The van der Waals surface area contributed by atoms with Gasteiger partial charge in [-0.1, -0.05) is 24.3 Å². The van der Waals surface area contributed by atoms with E-state index in [9.17, 15) is 4.79 Å². The largest absolute Gasteiger partial charge is 0.333 e. The van der Waals surface area contributed by atoms with E-state index < -0.39 is 0 Å². The molecular weight excluding hydrogens is 336 g/mol. The van der Waals surface area contributed by atoms with E-state index in [-0.39, 0.29) is 11.9 Å². The number of rotatable bonds is 5. The van der Waals surface area contributed by atoms with Crippen LogP contribution < -0.4 is 0 Å². The fourth-order valence-corrected chi connectivity index (χ4v) is 4.11. The normalized spacial score (nSPS) is 12.3. The monoisotopic (exact) mass is 356 g/mol. The summed E-state index contributed by atoms with van der Waals surface area (Å²) in [5, 5.41) is 0.964. The highest BCUT2D eigenvalue weighted by atomic mass is 32.2. The van der Waals surface area contributed by atoms with Crippen LogP contribution in [-0.2, 0) is 5.75 Å². The molecule has 3 rings (SSSR count). The van der Waals surface area contributed by atoms with Crippen LogP contribution in [0.15, 0.2) is 48.5 Å². The van der Waals surface area contributed by atoms with Gasteiger partial charge in [0.2, 0.25) is 0 Å². The van der Waals surface area contributed by atoms with E-state index in [1.54, 1.807) is 28.0 Å². The Bertz CT molecular complexity index is 809. The number of fused-ring (bicyclic) bond motifs is 1. The molecule has 0 bridgehead atoms. The van der Waals surface area contributed by atoms with Gasteiger partial charge in [0.25, 0.3) is 5.91 Å². The Balaban J connectivity index is 1.78. The summed E-state index contributed by atoms with van der Waals surface area (Å²) in [5.74, 6) is 0.990. The SMILES string of the molecule is CSCc1ccc(C(=O)N(C)[C@@H](C)c2nc3ccccc3s2)cc1. The van der Waals surface area contributed by atoms with Crippen LogP contribution >= 0.6 is 23.1 Å². The summed E-state index contributed by atoms with van der Waals surface area (Å²) in [6.45, 7) is 2.03. The lowest BCUT2D eigenvalue weighted by atomic mass is 10.1. The predicted octanol–water partition coefficient (Wildman–Crippen LogP) is 4.99. The van der Waals surface area contributed by atoms with Gasteiger partial charge in [-0.05, 0) is 43.0 Å². The number of hydrogen-bond donors (Lipinski definition) is 0. The molecule has 0 aliphatic carbocycles. The number of hydrogen-bond acceptors (Lipinski definition) is 4. The lowest BCUT2D eigenvalue weighted by Crippen LogP contribution is -2.29. The van der Waals surface area contributed by atoms with Crippen LogP contribution in [0.1, 0.15) is 33.9 Å². The first kappa shape index (κ1) is 17.0. The van der Waals surface area contributed by atoms with Crippen molar-refractivity contribution >= 4 is 39.2 Å². The minimum absolute atomic E-state index is 0.0254. The van der Waals surface area contributed by atoms with Crippen molar-refractivity contribution in [1.82, 2.24) is 9.88 Å². The predicted molar refractivity (Wildman–Crippen MR) is 104 cm³/mol. The Morgan fingerprint density at radius 1 is 1.21 bits per heavy atom. The Hall–Kier alpha value is -1.85. The highest BCUT2D eigenvalue weighted by molar-refractivity contribution is 7.97. The van der Waals surface area contributed by atoms with Crippen LogP contribution in [0.25, 0.3) is 10.2 Å². The maximum atomic E-state index is 12.7. The Morgan fingerprint density at radius 2 is 1.92 bits per heavy atom. The number of nitrogens with zero attached hydrogens (tertiary/aromatic N) is 2. The van der Waals surface area contributed by atoms with Gasteiger partial charge >= 0.3 is 0 Å². The maximum Gasteiger partial charge on any atom is 0.254 e. The van der Waals surface area contributed by atoms with Gasteiger partial charge in [-0.2, -0.15) is 11.8 Å². The molecule has 0 unspecified atom stereocenters. The topological polar surface area (TPSA) is 33.2 Å². The van der Waals surface area contributed by atoms with Crippen molar-refractivity contribution in [2.75, 3.05) is 13.3 Å². The highest BCUT2D eigenvalue weighted by Gasteiger charge is 2.21. The summed E-state index contributed by atoms with van der Waals surface area (Å²) in [5.41, 5.74) is 2.95. The fraction of sp³-hybridized carbons (Fsp3) is 0.263. The number of aromatic nitrogens is 1. The average molecular weight is 357 g/mol. The Labute approximate surface area is 150 Å². The van der Waals surface area contributed by atoms with Crippen LogP contribution in [0.2, 0.25) is 0 Å². The van der Waals surface area contributed by atoms with Crippen molar-refractivity contribution in [3.8, 4) is 0 Å². The zero-order valence-electron chi connectivity index (χ0n) is 14.0. The molecule has 3 aromatic rings. The first-order valence-corrected chi connectivity index (χ1v) is 10.0. The van der Waals surface area contributed by atoms with E-state index in [0.717, 1.165) is 26.5 Å². The van der Waals surface area contributed by atoms with Gasteiger partial charge in [0.05, 0.1) is 16.3 Å². The molecule has 0 fully saturated rings. The molecule has 0 radical (unpaired) electrons. The minimum Gasteiger partial charge on any atom is -0.333 e. The first-order chi connectivity index (χ1) is 11.6. The summed E-state index contributed by atoms with van der Waals surface area (Å²) in [6, 6.07) is 15.9. The number of amides is 1. The second-order valence-corrected chi connectivity index (χ2v) is 7.67. The molecule has 0 spiro atoms. The smallest absolute Gasteiger partial charge is 0.254 e. The maximum absolute atomic E-state index is 12.7. The van der Waals surface area contributed by atoms with Crippen molar-refractivity contribution < 1.29 is 4.79 Å². The second kappa shape index (κ2) is 7.36. The van der Waals surface area contributed by atoms with Gasteiger partial charge in [-0.3, -0.25) is 4.79 Å². The number of carbonyl (C=O) groups excluding carboxylic acids is 1. The lowest BCUT2D eigenvalue weighted by Gasteiger charge is -2.23. The van der Waals surface area contributed by atoms with Gasteiger partial charge in [0, 0.05) is 18.4 Å². The quantitative estimate of drug-likeness (QED) is 0.645. The van der Waals surface area contributed by atoms with Crippen LogP contribution in [0.5, 0.6) is 0 Å². The van der Waals surface area contributed by atoms with Gasteiger partial charge < -0.3 is 4.90 Å². The summed E-state index contributed by atoms with van der Waals surface area (Å²) in [6.07, 6.45) is 2.08. The second-order valence-electron chi connectivity index (χ2n) is 5.74. The minimum atomic E-state index is -0.0548.